The van der Waals surface area contributed by atoms with Crippen molar-refractivity contribution in [1.29, 1.82) is 0 Å². The number of benzene rings is 1. The first-order valence-corrected chi connectivity index (χ1v) is 7.96. The molecule has 0 heterocycles. The van der Waals surface area contributed by atoms with Crippen LogP contribution in [0.1, 0.15) is 50.7 Å². The minimum Gasteiger partial charge on any atom is -0.481 e. The molecule has 1 N–H and O–H groups in total. The van der Waals surface area contributed by atoms with Gasteiger partial charge in [-0.15, -0.1) is 0 Å². The van der Waals surface area contributed by atoms with E-state index in [4.69, 9.17) is 4.74 Å². The predicted molar refractivity (Wildman–Crippen MR) is 83.6 cm³/mol. The number of carboxylic acids is 1. The summed E-state index contributed by atoms with van der Waals surface area (Å²) in [5, 5.41) is 9.82. The lowest BCUT2D eigenvalue weighted by atomic mass is 9.68. The topological polar surface area (TPSA) is 46.5 Å². The molecule has 1 aromatic rings. The van der Waals surface area contributed by atoms with Gasteiger partial charge in [0.15, 0.2) is 0 Å². The van der Waals surface area contributed by atoms with Gasteiger partial charge in [0.2, 0.25) is 0 Å². The van der Waals surface area contributed by atoms with E-state index in [2.05, 4.69) is 19.9 Å². The molecule has 0 spiro atoms. The van der Waals surface area contributed by atoms with Gasteiger partial charge in [0.1, 0.15) is 0 Å². The highest BCUT2D eigenvalue weighted by atomic mass is 16.5. The maximum Gasteiger partial charge on any atom is 0.314 e. The highest BCUT2D eigenvalue weighted by molar-refractivity contribution is 5.82. The van der Waals surface area contributed by atoms with Crippen LogP contribution < -0.4 is 0 Å². The fourth-order valence-corrected chi connectivity index (χ4v) is 3.18. The molecule has 1 atom stereocenters. The molecule has 3 nitrogen and oxygen atoms in total. The van der Waals surface area contributed by atoms with Gasteiger partial charge in [0, 0.05) is 13.2 Å². The molecule has 0 fully saturated rings. The molecular weight excluding hydrogens is 264 g/mol. The predicted octanol–water partition coefficient (Wildman–Crippen LogP) is 3.80. The van der Waals surface area contributed by atoms with Crippen LogP contribution >= 0.6 is 0 Å². The Labute approximate surface area is 127 Å². The summed E-state index contributed by atoms with van der Waals surface area (Å²) in [6.45, 7) is 5.57. The Kier molecular flexibility index (Phi) is 5.40. The van der Waals surface area contributed by atoms with Crippen molar-refractivity contribution in [2.75, 3.05) is 13.2 Å². The van der Waals surface area contributed by atoms with E-state index in [9.17, 15) is 9.90 Å². The van der Waals surface area contributed by atoms with E-state index in [0.29, 0.717) is 25.4 Å². The van der Waals surface area contributed by atoms with Gasteiger partial charge in [0.05, 0.1) is 5.41 Å². The third kappa shape index (κ3) is 3.65. The molecule has 1 aliphatic rings. The Morgan fingerprint density at radius 3 is 2.81 bits per heavy atom. The standard InChI is InChI=1S/C18H26O3/c1-14(2)9-12-21-13-11-18(17(19)20)10-5-7-15-6-3-4-8-16(15)18/h3-4,6,8,14H,5,7,9-13H2,1-2H3,(H,19,20). The lowest BCUT2D eigenvalue weighted by Crippen LogP contribution is -2.40. The maximum absolute atomic E-state index is 12.0. The summed E-state index contributed by atoms with van der Waals surface area (Å²) in [6, 6.07) is 7.99. The number of aliphatic carboxylic acids is 1. The molecule has 1 unspecified atom stereocenters. The van der Waals surface area contributed by atoms with Crippen molar-refractivity contribution in [1.82, 2.24) is 0 Å². The third-order valence-electron chi connectivity index (χ3n) is 4.50. The minimum absolute atomic E-state index is 0.521. The first kappa shape index (κ1) is 16.0. The number of fused-ring (bicyclic) bond motifs is 1. The van der Waals surface area contributed by atoms with Gasteiger partial charge in [0.25, 0.3) is 0 Å². The van der Waals surface area contributed by atoms with Crippen molar-refractivity contribution in [3.8, 4) is 0 Å². The van der Waals surface area contributed by atoms with E-state index >= 15 is 0 Å². The molecule has 21 heavy (non-hydrogen) atoms. The van der Waals surface area contributed by atoms with E-state index in [0.717, 1.165) is 31.4 Å². The molecule has 0 radical (unpaired) electrons. The zero-order chi connectivity index (χ0) is 15.3. The van der Waals surface area contributed by atoms with Gasteiger partial charge in [-0.2, -0.15) is 0 Å². The average Bonchev–Trinajstić information content (AvgIpc) is 2.46. The van der Waals surface area contributed by atoms with Crippen LogP contribution in [0.25, 0.3) is 0 Å². The largest absolute Gasteiger partial charge is 0.481 e. The smallest absolute Gasteiger partial charge is 0.314 e. The maximum atomic E-state index is 12.0. The number of hydrogen-bond donors (Lipinski definition) is 1. The second-order valence-electron chi connectivity index (χ2n) is 6.44. The van der Waals surface area contributed by atoms with E-state index < -0.39 is 11.4 Å². The molecule has 1 aliphatic carbocycles. The Balaban J connectivity index is 2.07. The Morgan fingerprint density at radius 1 is 1.33 bits per heavy atom. The fourth-order valence-electron chi connectivity index (χ4n) is 3.18. The molecule has 0 amide bonds. The SMILES string of the molecule is CC(C)CCOCCC1(C(=O)O)CCCc2ccccc21. The van der Waals surface area contributed by atoms with Crippen LogP contribution in [0.2, 0.25) is 0 Å². The average molecular weight is 290 g/mol. The van der Waals surface area contributed by atoms with Crippen molar-refractivity contribution in [3.05, 3.63) is 35.4 Å². The van der Waals surface area contributed by atoms with Crippen LogP contribution in [0.3, 0.4) is 0 Å². The van der Waals surface area contributed by atoms with Crippen molar-refractivity contribution >= 4 is 5.97 Å². The summed E-state index contributed by atoms with van der Waals surface area (Å²) in [4.78, 5) is 12.0. The second kappa shape index (κ2) is 7.08. The Morgan fingerprint density at radius 2 is 2.10 bits per heavy atom. The Bertz CT molecular complexity index is 481. The first-order valence-electron chi connectivity index (χ1n) is 7.96. The molecule has 3 heteroatoms. The van der Waals surface area contributed by atoms with Gasteiger partial charge in [-0.25, -0.2) is 0 Å². The summed E-state index contributed by atoms with van der Waals surface area (Å²) < 4.78 is 5.67. The lowest BCUT2D eigenvalue weighted by molar-refractivity contribution is -0.145. The summed E-state index contributed by atoms with van der Waals surface area (Å²) >= 11 is 0. The fraction of sp³-hybridized carbons (Fsp3) is 0.611. The summed E-state index contributed by atoms with van der Waals surface area (Å²) in [5.41, 5.74) is 1.43. The minimum atomic E-state index is -0.757. The van der Waals surface area contributed by atoms with Gasteiger partial charge in [-0.05, 0) is 49.1 Å². The molecule has 0 aliphatic heterocycles. The van der Waals surface area contributed by atoms with Crippen LogP contribution in [-0.2, 0) is 21.4 Å². The monoisotopic (exact) mass is 290 g/mol. The third-order valence-corrected chi connectivity index (χ3v) is 4.50. The number of rotatable bonds is 7. The molecule has 2 rings (SSSR count). The zero-order valence-corrected chi connectivity index (χ0v) is 13.1. The lowest BCUT2D eigenvalue weighted by Gasteiger charge is -2.35. The second-order valence-corrected chi connectivity index (χ2v) is 6.44. The van der Waals surface area contributed by atoms with Crippen LogP contribution in [0.4, 0.5) is 0 Å². The summed E-state index contributed by atoms with van der Waals surface area (Å²) in [5.74, 6) is -0.0871. The van der Waals surface area contributed by atoms with Crippen molar-refractivity contribution in [3.63, 3.8) is 0 Å². The van der Waals surface area contributed by atoms with Gasteiger partial charge >= 0.3 is 5.97 Å². The molecule has 0 saturated carbocycles. The van der Waals surface area contributed by atoms with Gasteiger partial charge < -0.3 is 9.84 Å². The molecule has 116 valence electrons. The number of carbonyl (C=O) groups is 1. The number of carboxylic acid groups (broad SMARTS) is 1. The summed E-state index contributed by atoms with van der Waals surface area (Å²) in [7, 11) is 0. The van der Waals surface area contributed by atoms with Gasteiger partial charge in [-0.3, -0.25) is 4.79 Å². The highest BCUT2D eigenvalue weighted by Crippen LogP contribution is 2.40. The van der Waals surface area contributed by atoms with Crippen molar-refractivity contribution in [2.24, 2.45) is 5.92 Å². The number of hydrogen-bond acceptors (Lipinski definition) is 2. The van der Waals surface area contributed by atoms with E-state index in [-0.39, 0.29) is 0 Å². The molecular formula is C18H26O3. The van der Waals surface area contributed by atoms with E-state index in [1.54, 1.807) is 0 Å². The van der Waals surface area contributed by atoms with Crippen LogP contribution in [0.15, 0.2) is 24.3 Å². The van der Waals surface area contributed by atoms with E-state index in [1.165, 1.54) is 5.56 Å². The summed E-state index contributed by atoms with van der Waals surface area (Å²) in [6.07, 6.45) is 4.23. The van der Waals surface area contributed by atoms with Crippen LogP contribution in [0, 0.1) is 5.92 Å². The molecule has 0 saturated heterocycles. The first-order chi connectivity index (χ1) is 10.1. The molecule has 0 bridgehead atoms. The van der Waals surface area contributed by atoms with Crippen molar-refractivity contribution in [2.45, 2.75) is 51.4 Å². The zero-order valence-electron chi connectivity index (χ0n) is 13.1. The molecule has 0 aromatic heterocycles. The normalized spacial score (nSPS) is 21.3. The van der Waals surface area contributed by atoms with Crippen LogP contribution in [-0.4, -0.2) is 24.3 Å². The number of aryl methyl sites for hydroxylation is 1. The molecule has 1 aromatic carbocycles. The van der Waals surface area contributed by atoms with Crippen LogP contribution in [0.5, 0.6) is 0 Å². The van der Waals surface area contributed by atoms with Gasteiger partial charge in [-0.1, -0.05) is 38.1 Å². The van der Waals surface area contributed by atoms with Crippen molar-refractivity contribution < 1.29 is 14.6 Å². The van der Waals surface area contributed by atoms with E-state index in [1.807, 2.05) is 18.2 Å². The number of ether oxygens (including phenoxy) is 1. The quantitative estimate of drug-likeness (QED) is 0.777. The highest BCUT2D eigenvalue weighted by Gasteiger charge is 2.42. The Hall–Kier alpha value is -1.35.